The van der Waals surface area contributed by atoms with Crippen molar-refractivity contribution in [3.63, 3.8) is 0 Å². The van der Waals surface area contributed by atoms with Crippen LogP contribution in [-0.2, 0) is 21.2 Å². The number of hydrogen-bond donors (Lipinski definition) is 1. The average molecular weight is 421 g/mol. The zero-order chi connectivity index (χ0) is 21.8. The van der Waals surface area contributed by atoms with Crippen LogP contribution in [0.2, 0.25) is 0 Å². The third-order valence-electron chi connectivity index (χ3n) is 4.70. The number of para-hydroxylation sites is 1. The van der Waals surface area contributed by atoms with Crippen LogP contribution < -0.4 is 19.1 Å². The third-order valence-corrected chi connectivity index (χ3v) is 5.94. The summed E-state index contributed by atoms with van der Waals surface area (Å²) in [6.07, 6.45) is 1.82. The lowest BCUT2D eigenvalue weighted by atomic mass is 10.1. The van der Waals surface area contributed by atoms with Crippen LogP contribution in [0.25, 0.3) is 0 Å². The van der Waals surface area contributed by atoms with Gasteiger partial charge in [-0.1, -0.05) is 25.1 Å². The fourth-order valence-corrected chi connectivity index (χ4v) is 4.37. The molecule has 0 spiro atoms. The van der Waals surface area contributed by atoms with Gasteiger partial charge in [0.15, 0.2) is 11.5 Å². The Morgan fingerprint density at radius 2 is 1.79 bits per heavy atom. The lowest BCUT2D eigenvalue weighted by molar-refractivity contribution is -0.116. The fourth-order valence-electron chi connectivity index (χ4n) is 3.20. The second kappa shape index (κ2) is 9.17. The maximum atomic E-state index is 13.0. The number of hydrogen-bond acceptors (Lipinski definition) is 5. The predicted octanol–water partition coefficient (Wildman–Crippen LogP) is 3.37. The first-order valence-electron chi connectivity index (χ1n) is 9.24. The van der Waals surface area contributed by atoms with Crippen molar-refractivity contribution >= 4 is 27.3 Å². The summed E-state index contributed by atoms with van der Waals surface area (Å²) in [6, 6.07) is 9.52. The molecule has 0 saturated carbocycles. The Morgan fingerprint density at radius 1 is 1.14 bits per heavy atom. The van der Waals surface area contributed by atoms with Crippen molar-refractivity contribution in [3.05, 3.63) is 47.5 Å². The molecule has 0 radical (unpaired) electrons. The number of anilines is 2. The number of carbonyl (C=O) groups is 1. The number of amides is 1. The van der Waals surface area contributed by atoms with E-state index in [1.54, 1.807) is 19.1 Å². The van der Waals surface area contributed by atoms with Crippen LogP contribution in [0.4, 0.5) is 11.4 Å². The molecule has 0 aliphatic carbocycles. The Labute approximate surface area is 172 Å². The van der Waals surface area contributed by atoms with E-state index in [2.05, 4.69) is 5.32 Å². The number of ether oxygens (including phenoxy) is 2. The van der Waals surface area contributed by atoms with E-state index in [9.17, 15) is 13.2 Å². The largest absolute Gasteiger partial charge is 0.493 e. The van der Waals surface area contributed by atoms with E-state index in [4.69, 9.17) is 9.47 Å². The highest BCUT2D eigenvalue weighted by Gasteiger charge is 2.30. The van der Waals surface area contributed by atoms with E-state index in [-0.39, 0.29) is 0 Å². The predicted molar refractivity (Wildman–Crippen MR) is 116 cm³/mol. The quantitative estimate of drug-likeness (QED) is 0.708. The Bertz CT molecular complexity index is 989. The fraction of sp³-hybridized carbons (Fsp3) is 0.381. The molecule has 1 atom stereocenters. The normalized spacial score (nSPS) is 12.2. The second-order valence-electron chi connectivity index (χ2n) is 6.73. The molecule has 2 aromatic carbocycles. The van der Waals surface area contributed by atoms with Crippen LogP contribution in [0, 0.1) is 6.92 Å². The van der Waals surface area contributed by atoms with Gasteiger partial charge in [-0.25, -0.2) is 8.42 Å². The Balaban J connectivity index is 2.43. The minimum absolute atomic E-state index is 0.313. The summed E-state index contributed by atoms with van der Waals surface area (Å²) in [5.74, 6) is 0.418. The van der Waals surface area contributed by atoms with E-state index in [0.717, 1.165) is 28.1 Å². The van der Waals surface area contributed by atoms with Gasteiger partial charge in [-0.3, -0.25) is 9.10 Å². The van der Waals surface area contributed by atoms with E-state index in [1.807, 2.05) is 32.0 Å². The molecule has 0 bridgehead atoms. The van der Waals surface area contributed by atoms with Crippen LogP contribution in [0.1, 0.15) is 25.0 Å². The monoisotopic (exact) mass is 420 g/mol. The third kappa shape index (κ3) is 5.00. The van der Waals surface area contributed by atoms with Gasteiger partial charge in [-0.05, 0) is 43.5 Å². The summed E-state index contributed by atoms with van der Waals surface area (Å²) in [5.41, 5.74) is 2.94. The maximum Gasteiger partial charge on any atom is 0.248 e. The van der Waals surface area contributed by atoms with Gasteiger partial charge >= 0.3 is 0 Å². The minimum Gasteiger partial charge on any atom is -0.493 e. The number of benzene rings is 2. The summed E-state index contributed by atoms with van der Waals surface area (Å²) in [6.45, 7) is 5.46. The highest BCUT2D eigenvalue weighted by molar-refractivity contribution is 7.92. The van der Waals surface area contributed by atoms with Crippen molar-refractivity contribution in [1.29, 1.82) is 0 Å². The molecular formula is C21H28N2O5S. The van der Waals surface area contributed by atoms with Gasteiger partial charge in [0.05, 0.1) is 26.2 Å². The number of carbonyl (C=O) groups excluding carboxylic acids is 1. The number of rotatable bonds is 8. The highest BCUT2D eigenvalue weighted by atomic mass is 32.2. The first-order valence-corrected chi connectivity index (χ1v) is 11.1. The molecular weight excluding hydrogens is 392 g/mol. The van der Waals surface area contributed by atoms with Crippen LogP contribution in [0.5, 0.6) is 11.5 Å². The van der Waals surface area contributed by atoms with Crippen LogP contribution in [0.15, 0.2) is 36.4 Å². The van der Waals surface area contributed by atoms with Gasteiger partial charge in [0, 0.05) is 11.8 Å². The molecule has 2 rings (SSSR count). The molecule has 7 nitrogen and oxygen atoms in total. The average Bonchev–Trinajstić information content (AvgIpc) is 2.68. The maximum absolute atomic E-state index is 13.0. The van der Waals surface area contributed by atoms with Crippen molar-refractivity contribution in [2.24, 2.45) is 0 Å². The van der Waals surface area contributed by atoms with Crippen molar-refractivity contribution < 1.29 is 22.7 Å². The van der Waals surface area contributed by atoms with Crippen LogP contribution >= 0.6 is 0 Å². The second-order valence-corrected chi connectivity index (χ2v) is 8.59. The number of sulfonamides is 1. The molecule has 0 aliphatic rings. The van der Waals surface area contributed by atoms with E-state index < -0.39 is 22.0 Å². The molecule has 0 saturated heterocycles. The first kappa shape index (κ1) is 22.5. The summed E-state index contributed by atoms with van der Waals surface area (Å²) < 4.78 is 36.7. The highest BCUT2D eigenvalue weighted by Crippen LogP contribution is 2.33. The number of nitrogens with zero attached hydrogens (tertiary/aromatic N) is 1. The van der Waals surface area contributed by atoms with Gasteiger partial charge in [0.2, 0.25) is 15.9 Å². The topological polar surface area (TPSA) is 84.9 Å². The van der Waals surface area contributed by atoms with Crippen molar-refractivity contribution in [2.45, 2.75) is 33.2 Å². The summed E-state index contributed by atoms with van der Waals surface area (Å²) in [4.78, 5) is 13.0. The van der Waals surface area contributed by atoms with Gasteiger partial charge in [0.25, 0.3) is 0 Å². The van der Waals surface area contributed by atoms with E-state index >= 15 is 0 Å². The van der Waals surface area contributed by atoms with Gasteiger partial charge in [-0.2, -0.15) is 0 Å². The molecule has 0 fully saturated rings. The summed E-state index contributed by atoms with van der Waals surface area (Å²) in [7, 11) is -0.788. The molecule has 29 heavy (non-hydrogen) atoms. The summed E-state index contributed by atoms with van der Waals surface area (Å²) in [5, 5.41) is 2.90. The molecule has 0 aromatic heterocycles. The van der Waals surface area contributed by atoms with E-state index in [1.165, 1.54) is 20.3 Å². The number of nitrogens with one attached hydrogen (secondary N) is 1. The molecule has 8 heteroatoms. The van der Waals surface area contributed by atoms with Gasteiger partial charge in [-0.15, -0.1) is 0 Å². The summed E-state index contributed by atoms with van der Waals surface area (Å²) >= 11 is 0. The number of methoxy groups -OCH3 is 2. The molecule has 0 heterocycles. The molecule has 1 N–H and O–H groups in total. The standard InChI is InChI=1S/C21H28N2O5S/c1-7-16-10-8-9-14(2)20(16)22-21(24)15(3)23(29(6,25)26)17-11-12-18(27-4)19(13-17)28-5/h8-13,15H,7H2,1-6H3,(H,22,24)/t15-/m1/s1. The van der Waals surface area contributed by atoms with Gasteiger partial charge in [0.1, 0.15) is 6.04 Å². The van der Waals surface area contributed by atoms with Crippen LogP contribution in [-0.4, -0.2) is 40.8 Å². The lowest BCUT2D eigenvalue weighted by Crippen LogP contribution is -2.45. The van der Waals surface area contributed by atoms with Crippen LogP contribution in [0.3, 0.4) is 0 Å². The van der Waals surface area contributed by atoms with Crippen molar-refractivity contribution in [1.82, 2.24) is 0 Å². The molecule has 2 aromatic rings. The number of aryl methyl sites for hydroxylation is 2. The van der Waals surface area contributed by atoms with Crippen molar-refractivity contribution in [3.8, 4) is 11.5 Å². The molecule has 158 valence electrons. The smallest absolute Gasteiger partial charge is 0.248 e. The minimum atomic E-state index is -3.75. The zero-order valence-corrected chi connectivity index (χ0v) is 18.5. The molecule has 0 unspecified atom stereocenters. The van der Waals surface area contributed by atoms with Crippen molar-refractivity contribution in [2.75, 3.05) is 30.1 Å². The van der Waals surface area contributed by atoms with E-state index in [0.29, 0.717) is 22.9 Å². The Morgan fingerprint density at radius 3 is 2.34 bits per heavy atom. The first-order chi connectivity index (χ1) is 13.6. The van der Waals surface area contributed by atoms with Gasteiger partial charge < -0.3 is 14.8 Å². The molecule has 0 aliphatic heterocycles. The Hall–Kier alpha value is -2.74. The SMILES string of the molecule is CCc1cccc(C)c1NC(=O)[C@@H](C)N(c1ccc(OC)c(OC)c1)S(C)(=O)=O. The Kier molecular flexibility index (Phi) is 7.13. The zero-order valence-electron chi connectivity index (χ0n) is 17.6. The molecule has 1 amide bonds. The lowest BCUT2D eigenvalue weighted by Gasteiger charge is -2.29.